The van der Waals surface area contributed by atoms with E-state index in [-0.39, 0.29) is 11.4 Å². The van der Waals surface area contributed by atoms with Crippen molar-refractivity contribution in [3.8, 4) is 17.2 Å². The third-order valence-electron chi connectivity index (χ3n) is 3.50. The average molecular weight is 369 g/mol. The SMILES string of the molecule is O=C(O)c1cccc(-c2ccc(/C=C/c3nc(O)c([N+](=O)[O-])c(=O)[nH]3)o2)c1. The molecule has 2 heterocycles. The number of aromatic nitrogens is 2. The Balaban J connectivity index is 1.86. The van der Waals surface area contributed by atoms with Crippen LogP contribution in [-0.2, 0) is 0 Å². The van der Waals surface area contributed by atoms with Crippen molar-refractivity contribution in [1.29, 1.82) is 0 Å². The lowest BCUT2D eigenvalue weighted by atomic mass is 10.1. The molecule has 0 aliphatic carbocycles. The molecule has 0 aliphatic rings. The summed E-state index contributed by atoms with van der Waals surface area (Å²) in [5, 5.41) is 29.2. The Hall–Kier alpha value is -4.21. The molecular weight excluding hydrogens is 358 g/mol. The summed E-state index contributed by atoms with van der Waals surface area (Å²) in [6.45, 7) is 0. The minimum Gasteiger partial charge on any atom is -0.488 e. The standard InChI is InChI=1S/C17H11N3O7/c21-15-14(20(25)26)16(22)19-13(18-15)7-5-11-4-6-12(27-11)9-2-1-3-10(8-9)17(23)24/h1-8H,(H,23,24)(H2,18,19,21,22)/b7-5+. The van der Waals surface area contributed by atoms with Crippen molar-refractivity contribution in [2.24, 2.45) is 0 Å². The number of benzene rings is 1. The van der Waals surface area contributed by atoms with Crippen molar-refractivity contribution < 1.29 is 24.3 Å². The predicted octanol–water partition coefficient (Wildman–Crippen LogP) is 2.51. The molecule has 3 N–H and O–H groups in total. The van der Waals surface area contributed by atoms with Gasteiger partial charge in [0.15, 0.2) is 0 Å². The minimum atomic E-state index is -1.09. The fraction of sp³-hybridized carbons (Fsp3) is 0. The number of aromatic amines is 1. The van der Waals surface area contributed by atoms with E-state index in [1.54, 1.807) is 24.3 Å². The van der Waals surface area contributed by atoms with Gasteiger partial charge in [0.05, 0.1) is 10.5 Å². The van der Waals surface area contributed by atoms with Crippen LogP contribution in [0.15, 0.2) is 45.6 Å². The number of rotatable bonds is 5. The Bertz CT molecular complexity index is 1130. The second kappa shape index (κ2) is 6.96. The molecule has 2 aromatic heterocycles. The number of carboxylic acids is 1. The van der Waals surface area contributed by atoms with E-state index in [2.05, 4.69) is 9.97 Å². The number of nitro groups is 1. The van der Waals surface area contributed by atoms with E-state index in [1.807, 2.05) is 0 Å². The van der Waals surface area contributed by atoms with Gasteiger partial charge in [0.1, 0.15) is 17.3 Å². The Morgan fingerprint density at radius 2 is 2.04 bits per heavy atom. The zero-order chi connectivity index (χ0) is 19.6. The lowest BCUT2D eigenvalue weighted by Gasteiger charge is -1.99. The second-order valence-electron chi connectivity index (χ2n) is 5.30. The summed E-state index contributed by atoms with van der Waals surface area (Å²) >= 11 is 0. The van der Waals surface area contributed by atoms with Gasteiger partial charge in [-0.2, -0.15) is 4.98 Å². The van der Waals surface area contributed by atoms with Gasteiger partial charge >= 0.3 is 17.2 Å². The van der Waals surface area contributed by atoms with Crippen LogP contribution >= 0.6 is 0 Å². The monoisotopic (exact) mass is 369 g/mol. The first kappa shape index (κ1) is 17.6. The van der Waals surface area contributed by atoms with Gasteiger partial charge in [-0.1, -0.05) is 12.1 Å². The van der Waals surface area contributed by atoms with E-state index in [0.717, 1.165) is 0 Å². The predicted molar refractivity (Wildman–Crippen MR) is 93.2 cm³/mol. The maximum absolute atomic E-state index is 11.6. The van der Waals surface area contributed by atoms with E-state index in [4.69, 9.17) is 9.52 Å². The molecule has 0 bridgehead atoms. The van der Waals surface area contributed by atoms with E-state index < -0.39 is 28.0 Å². The van der Waals surface area contributed by atoms with Gasteiger partial charge in [-0.05, 0) is 36.4 Å². The topological polar surface area (TPSA) is 160 Å². The van der Waals surface area contributed by atoms with Crippen LogP contribution in [0.2, 0.25) is 0 Å². The van der Waals surface area contributed by atoms with Crippen LogP contribution in [0.3, 0.4) is 0 Å². The number of carbonyl (C=O) groups is 1. The molecule has 0 unspecified atom stereocenters. The van der Waals surface area contributed by atoms with Crippen LogP contribution < -0.4 is 5.56 Å². The number of furan rings is 1. The van der Waals surface area contributed by atoms with Crippen LogP contribution in [0.1, 0.15) is 21.9 Å². The summed E-state index contributed by atoms with van der Waals surface area (Å²) in [5.41, 5.74) is -1.44. The molecule has 0 spiro atoms. The molecule has 1 aromatic carbocycles. The lowest BCUT2D eigenvalue weighted by Crippen LogP contribution is -2.14. The summed E-state index contributed by atoms with van der Waals surface area (Å²) < 4.78 is 5.58. The number of H-pyrrole nitrogens is 1. The number of nitrogens with one attached hydrogen (secondary N) is 1. The maximum atomic E-state index is 11.6. The highest BCUT2D eigenvalue weighted by atomic mass is 16.6. The molecule has 0 amide bonds. The Morgan fingerprint density at radius 1 is 1.26 bits per heavy atom. The second-order valence-corrected chi connectivity index (χ2v) is 5.30. The van der Waals surface area contributed by atoms with Gasteiger partial charge < -0.3 is 19.6 Å². The van der Waals surface area contributed by atoms with Crippen LogP contribution in [-0.4, -0.2) is 31.1 Å². The third kappa shape index (κ3) is 3.74. The summed E-state index contributed by atoms with van der Waals surface area (Å²) in [4.78, 5) is 37.9. The van der Waals surface area contributed by atoms with Crippen molar-refractivity contribution >= 4 is 23.8 Å². The molecule has 0 radical (unpaired) electrons. The van der Waals surface area contributed by atoms with Crippen LogP contribution in [0, 0.1) is 10.1 Å². The quantitative estimate of drug-likeness (QED) is 0.457. The third-order valence-corrected chi connectivity index (χ3v) is 3.50. The molecule has 136 valence electrons. The zero-order valence-corrected chi connectivity index (χ0v) is 13.4. The highest BCUT2D eigenvalue weighted by molar-refractivity contribution is 5.89. The first-order valence-corrected chi connectivity index (χ1v) is 7.44. The first-order valence-electron chi connectivity index (χ1n) is 7.44. The normalized spacial score (nSPS) is 11.0. The van der Waals surface area contributed by atoms with Crippen LogP contribution in [0.4, 0.5) is 5.69 Å². The van der Waals surface area contributed by atoms with Crippen molar-refractivity contribution in [3.63, 3.8) is 0 Å². The number of hydrogen-bond acceptors (Lipinski definition) is 7. The Morgan fingerprint density at radius 3 is 2.70 bits per heavy atom. The molecule has 27 heavy (non-hydrogen) atoms. The van der Waals surface area contributed by atoms with Gasteiger partial charge in [-0.15, -0.1) is 0 Å². The molecule has 0 aliphatic heterocycles. The number of carboxylic acid groups (broad SMARTS) is 1. The van der Waals surface area contributed by atoms with Gasteiger partial charge in [0.2, 0.25) is 0 Å². The molecule has 10 heteroatoms. The molecule has 3 aromatic rings. The van der Waals surface area contributed by atoms with E-state index in [1.165, 1.54) is 24.3 Å². The largest absolute Gasteiger partial charge is 0.488 e. The highest BCUT2D eigenvalue weighted by Gasteiger charge is 2.21. The van der Waals surface area contributed by atoms with Gasteiger partial charge in [0, 0.05) is 5.56 Å². The first-order chi connectivity index (χ1) is 12.8. The number of hydrogen-bond donors (Lipinski definition) is 3. The maximum Gasteiger partial charge on any atom is 0.395 e. The summed E-state index contributed by atoms with van der Waals surface area (Å²) in [5.74, 6) is -1.38. The molecule has 0 fully saturated rings. The number of nitrogens with zero attached hydrogens (tertiary/aromatic N) is 2. The summed E-state index contributed by atoms with van der Waals surface area (Å²) in [6.07, 6.45) is 2.72. The Kier molecular flexibility index (Phi) is 4.54. The van der Waals surface area contributed by atoms with E-state index >= 15 is 0 Å². The summed E-state index contributed by atoms with van der Waals surface area (Å²) in [6, 6.07) is 9.42. The molecule has 0 atom stereocenters. The van der Waals surface area contributed by atoms with Crippen molar-refractivity contribution in [1.82, 2.24) is 9.97 Å². The van der Waals surface area contributed by atoms with Crippen LogP contribution in [0.25, 0.3) is 23.5 Å². The summed E-state index contributed by atoms with van der Waals surface area (Å²) in [7, 11) is 0. The number of aromatic carboxylic acids is 1. The van der Waals surface area contributed by atoms with Crippen molar-refractivity contribution in [3.05, 3.63) is 74.0 Å². The lowest BCUT2D eigenvalue weighted by molar-refractivity contribution is -0.387. The number of aromatic hydroxyl groups is 1. The Labute approximate surface area is 150 Å². The molecule has 3 rings (SSSR count). The zero-order valence-electron chi connectivity index (χ0n) is 13.4. The van der Waals surface area contributed by atoms with Crippen molar-refractivity contribution in [2.75, 3.05) is 0 Å². The van der Waals surface area contributed by atoms with Gasteiger partial charge in [0.25, 0.3) is 5.88 Å². The van der Waals surface area contributed by atoms with E-state index in [0.29, 0.717) is 17.1 Å². The highest BCUT2D eigenvalue weighted by Crippen LogP contribution is 2.24. The smallest absolute Gasteiger partial charge is 0.395 e. The fourth-order valence-corrected chi connectivity index (χ4v) is 2.28. The fourth-order valence-electron chi connectivity index (χ4n) is 2.28. The molecule has 0 saturated heterocycles. The molecule has 10 nitrogen and oxygen atoms in total. The minimum absolute atomic E-state index is 0.103. The molecule has 0 saturated carbocycles. The van der Waals surface area contributed by atoms with Gasteiger partial charge in [-0.25, -0.2) is 4.79 Å². The van der Waals surface area contributed by atoms with E-state index in [9.17, 15) is 24.8 Å². The van der Waals surface area contributed by atoms with Crippen molar-refractivity contribution in [2.45, 2.75) is 0 Å². The van der Waals surface area contributed by atoms with Gasteiger partial charge in [-0.3, -0.25) is 14.9 Å². The average Bonchev–Trinajstić information content (AvgIpc) is 3.08. The van der Waals surface area contributed by atoms with Crippen LogP contribution in [0.5, 0.6) is 5.88 Å². The molecular formula is C17H11N3O7.